The van der Waals surface area contributed by atoms with Gasteiger partial charge in [-0.1, -0.05) is 35.9 Å². The van der Waals surface area contributed by atoms with Crippen molar-refractivity contribution in [2.45, 2.75) is 24.3 Å². The molecule has 2 N–H and O–H groups in total. The molecule has 12 nitrogen and oxygen atoms in total. The van der Waals surface area contributed by atoms with Crippen LogP contribution >= 0.6 is 11.6 Å². The zero-order valence-corrected chi connectivity index (χ0v) is 28.5. The molecule has 51 heavy (non-hydrogen) atoms. The Labute approximate surface area is 296 Å². The molecule has 0 saturated carbocycles. The second-order valence-electron chi connectivity index (χ2n) is 11.7. The van der Waals surface area contributed by atoms with Gasteiger partial charge in [-0.25, -0.2) is 17.9 Å². The van der Waals surface area contributed by atoms with Crippen LogP contribution in [0.25, 0.3) is 10.8 Å². The first kappa shape index (κ1) is 33.7. The van der Waals surface area contributed by atoms with E-state index in [1.807, 2.05) is 0 Å². The van der Waals surface area contributed by atoms with Gasteiger partial charge in [-0.3, -0.25) is 14.4 Å². The smallest absolute Gasteiger partial charge is 0.340 e. The average Bonchev–Trinajstić information content (AvgIpc) is 3.37. The zero-order valence-electron chi connectivity index (χ0n) is 26.9. The maximum atomic E-state index is 13.4. The molecule has 1 spiro atoms. The Morgan fingerprint density at radius 3 is 2.04 bits per heavy atom. The minimum Gasteiger partial charge on any atom is -0.456 e. The van der Waals surface area contributed by atoms with Gasteiger partial charge < -0.3 is 24.3 Å². The predicted octanol–water partition coefficient (Wildman–Crippen LogP) is 5.62. The lowest BCUT2D eigenvalue weighted by Gasteiger charge is -2.36. The van der Waals surface area contributed by atoms with Crippen LogP contribution in [-0.2, 0) is 30.0 Å². The molecule has 2 aliphatic rings. The highest BCUT2D eigenvalue weighted by molar-refractivity contribution is 7.89. The minimum absolute atomic E-state index is 0.0550. The minimum atomic E-state index is -3.96. The number of esters is 3. The third-order valence-electron chi connectivity index (χ3n) is 8.36. The first-order valence-corrected chi connectivity index (χ1v) is 17.4. The van der Waals surface area contributed by atoms with Crippen molar-refractivity contribution in [2.24, 2.45) is 0 Å². The van der Waals surface area contributed by atoms with Crippen LogP contribution in [0.3, 0.4) is 0 Å². The number of hydrogen-bond donors (Lipinski definition) is 2. The van der Waals surface area contributed by atoms with E-state index in [0.717, 1.165) is 0 Å². The molecule has 0 radical (unpaired) electrons. The number of hydrogen-bond acceptors (Lipinski definition) is 10. The SMILES string of the molecule is CC(=O)Oc1ccc2c(c1)Oc1cc(OC(C)=O)ccc1C21OC(=O)c2ccc(C(=O)NCCNS(=O)(=O)c3cccc4c(Cl)cccc34)cc21. The first-order valence-electron chi connectivity index (χ1n) is 15.5. The van der Waals surface area contributed by atoms with E-state index in [0.29, 0.717) is 32.5 Å². The number of sulfonamides is 1. The van der Waals surface area contributed by atoms with E-state index in [9.17, 15) is 27.6 Å². The van der Waals surface area contributed by atoms with E-state index in [2.05, 4.69) is 10.0 Å². The van der Waals surface area contributed by atoms with Crippen molar-refractivity contribution in [2.75, 3.05) is 13.1 Å². The summed E-state index contributed by atoms with van der Waals surface area (Å²) >= 11 is 6.26. The van der Waals surface area contributed by atoms with Gasteiger partial charge in [-0.2, -0.15) is 0 Å². The molecule has 1 amide bonds. The zero-order chi connectivity index (χ0) is 36.1. The molecule has 0 unspecified atom stereocenters. The van der Waals surface area contributed by atoms with Crippen molar-refractivity contribution in [3.8, 4) is 23.0 Å². The van der Waals surface area contributed by atoms with Crippen LogP contribution in [0.2, 0.25) is 5.02 Å². The van der Waals surface area contributed by atoms with E-state index in [1.54, 1.807) is 42.5 Å². The van der Waals surface area contributed by atoms with Gasteiger partial charge in [0.1, 0.15) is 23.0 Å². The monoisotopic (exact) mass is 726 g/mol. The number of benzene rings is 5. The summed E-state index contributed by atoms with van der Waals surface area (Å²) in [6.45, 7) is 2.33. The van der Waals surface area contributed by atoms with E-state index >= 15 is 0 Å². The van der Waals surface area contributed by atoms with Crippen molar-refractivity contribution in [1.29, 1.82) is 0 Å². The molecule has 14 heteroatoms. The summed E-state index contributed by atoms with van der Waals surface area (Å²) in [7, 11) is -3.96. The molecule has 0 saturated heterocycles. The molecular formula is C37H27ClN2O10S. The molecule has 0 bridgehead atoms. The normalized spacial score (nSPS) is 13.7. The number of carbonyl (C=O) groups excluding carboxylic acids is 4. The number of ether oxygens (including phenoxy) is 4. The Kier molecular flexibility index (Phi) is 8.50. The van der Waals surface area contributed by atoms with Crippen molar-refractivity contribution in [3.05, 3.63) is 124 Å². The molecule has 2 aliphatic heterocycles. The molecule has 0 aliphatic carbocycles. The summed E-state index contributed by atoms with van der Waals surface area (Å²) in [5, 5.41) is 4.20. The van der Waals surface area contributed by atoms with E-state index in [1.165, 1.54) is 62.4 Å². The van der Waals surface area contributed by atoms with Gasteiger partial charge in [0, 0.05) is 77.1 Å². The van der Waals surface area contributed by atoms with Gasteiger partial charge in [-0.05, 0) is 54.6 Å². The summed E-state index contributed by atoms with van der Waals surface area (Å²) in [4.78, 5) is 50.3. The van der Waals surface area contributed by atoms with Crippen molar-refractivity contribution >= 4 is 56.2 Å². The Hall–Kier alpha value is -5.76. The maximum absolute atomic E-state index is 13.4. The molecule has 0 fully saturated rings. The third-order valence-corrected chi connectivity index (χ3v) is 10.2. The quantitative estimate of drug-likeness (QED) is 0.117. The highest BCUT2D eigenvalue weighted by Crippen LogP contribution is 2.57. The lowest BCUT2D eigenvalue weighted by atomic mass is 9.77. The number of halogens is 1. The Morgan fingerprint density at radius 2 is 1.39 bits per heavy atom. The number of nitrogens with one attached hydrogen (secondary N) is 2. The Bertz CT molecular complexity index is 2360. The standard InChI is InChI=1S/C37H27ClN2O10S/c1-20(41)47-23-10-13-28-32(18-23)49-33-19-24(48-21(2)42)11-14-29(33)37(28)30-17-22(9-12-27(30)36(44)50-37)35(43)39-15-16-40-51(45,46)34-8-4-5-25-26(34)6-3-7-31(25)38/h3-14,17-19,40H,15-16H2,1-2H3,(H,39,43). The predicted molar refractivity (Wildman–Crippen MR) is 184 cm³/mol. The van der Waals surface area contributed by atoms with Gasteiger partial charge in [0.25, 0.3) is 5.91 Å². The largest absolute Gasteiger partial charge is 0.456 e. The molecule has 5 aromatic rings. The number of rotatable bonds is 8. The van der Waals surface area contributed by atoms with Crippen molar-refractivity contribution in [3.63, 3.8) is 0 Å². The molecule has 2 heterocycles. The van der Waals surface area contributed by atoms with Gasteiger partial charge >= 0.3 is 17.9 Å². The maximum Gasteiger partial charge on any atom is 0.340 e. The average molecular weight is 727 g/mol. The Balaban J connectivity index is 1.18. The van der Waals surface area contributed by atoms with Crippen LogP contribution in [-0.4, -0.2) is 45.3 Å². The molecule has 7 rings (SSSR count). The van der Waals surface area contributed by atoms with Crippen LogP contribution < -0.4 is 24.2 Å². The third kappa shape index (κ3) is 6.05. The van der Waals surface area contributed by atoms with Crippen LogP contribution in [0, 0.1) is 0 Å². The van der Waals surface area contributed by atoms with Crippen LogP contribution in [0.4, 0.5) is 0 Å². The fourth-order valence-electron chi connectivity index (χ4n) is 6.30. The second kappa shape index (κ2) is 12.8. The number of carbonyl (C=O) groups is 4. The van der Waals surface area contributed by atoms with E-state index in [4.69, 9.17) is 30.5 Å². The summed E-state index contributed by atoms with van der Waals surface area (Å²) in [6.07, 6.45) is 0. The van der Waals surface area contributed by atoms with Gasteiger partial charge in [-0.15, -0.1) is 0 Å². The highest BCUT2D eigenvalue weighted by atomic mass is 35.5. The van der Waals surface area contributed by atoms with E-state index in [-0.39, 0.29) is 52.1 Å². The molecule has 5 aromatic carbocycles. The molecule has 0 atom stereocenters. The van der Waals surface area contributed by atoms with E-state index < -0.39 is 39.4 Å². The lowest BCUT2D eigenvalue weighted by Crippen LogP contribution is -2.35. The van der Waals surface area contributed by atoms with Crippen molar-refractivity contribution in [1.82, 2.24) is 10.0 Å². The molecule has 258 valence electrons. The Morgan fingerprint density at radius 1 is 0.765 bits per heavy atom. The highest BCUT2D eigenvalue weighted by Gasteiger charge is 2.54. The summed E-state index contributed by atoms with van der Waals surface area (Å²) in [6, 6.07) is 23.5. The fourth-order valence-corrected chi connectivity index (χ4v) is 7.79. The van der Waals surface area contributed by atoms with Gasteiger partial charge in [0.15, 0.2) is 5.60 Å². The number of fused-ring (bicyclic) bond motifs is 7. The van der Waals surface area contributed by atoms with Crippen LogP contribution in [0.5, 0.6) is 23.0 Å². The number of amides is 1. The van der Waals surface area contributed by atoms with Crippen molar-refractivity contribution < 1.29 is 46.5 Å². The summed E-state index contributed by atoms with van der Waals surface area (Å²) in [5.74, 6) is -1.58. The van der Waals surface area contributed by atoms with Crippen LogP contribution in [0.1, 0.15) is 51.3 Å². The first-order chi connectivity index (χ1) is 24.4. The summed E-state index contributed by atoms with van der Waals surface area (Å²) in [5.41, 5.74) is -0.129. The topological polar surface area (TPSA) is 163 Å². The second-order valence-corrected chi connectivity index (χ2v) is 13.8. The molecular weight excluding hydrogens is 700 g/mol. The molecule has 0 aromatic heterocycles. The van der Waals surface area contributed by atoms with Gasteiger partial charge in [0.05, 0.1) is 10.5 Å². The fraction of sp³-hybridized carbons (Fsp3) is 0.135. The van der Waals surface area contributed by atoms with Crippen LogP contribution in [0.15, 0.2) is 95.9 Å². The lowest BCUT2D eigenvalue weighted by molar-refractivity contribution is -0.132. The summed E-state index contributed by atoms with van der Waals surface area (Å²) < 4.78 is 51.7. The van der Waals surface area contributed by atoms with Gasteiger partial charge in [0.2, 0.25) is 10.0 Å².